The van der Waals surface area contributed by atoms with Gasteiger partial charge in [-0.05, 0) is 54.6 Å². The number of thiazole rings is 1. The van der Waals surface area contributed by atoms with Crippen molar-refractivity contribution in [3.05, 3.63) is 66.4 Å². The molecular weight excluding hydrogens is 374 g/mol. The first kappa shape index (κ1) is 17.9. The molecule has 0 saturated carbocycles. The Balaban J connectivity index is 1.52. The monoisotopic (exact) mass is 391 g/mol. The van der Waals surface area contributed by atoms with Crippen molar-refractivity contribution in [2.24, 2.45) is 0 Å². The largest absolute Gasteiger partial charge is 0.493 e. The van der Waals surface area contributed by atoms with E-state index < -0.39 is 0 Å². The third kappa shape index (κ3) is 3.52. The van der Waals surface area contributed by atoms with Gasteiger partial charge in [-0.3, -0.25) is 4.79 Å². The van der Waals surface area contributed by atoms with Crippen LogP contribution in [0.4, 0.5) is 5.69 Å². The standard InChI is InChI=1S/C21H17N3O3S/c1-26-17-10-7-14(12-18(17)27-2)19(25)23-15-8-5-13(6-9-15)20-24-16-4-3-11-22-21(16)28-20/h3-12H,1-2H3,(H,23,25). The maximum Gasteiger partial charge on any atom is 0.255 e. The number of carbonyl (C=O) groups is 1. The summed E-state index contributed by atoms with van der Waals surface area (Å²) in [7, 11) is 3.09. The van der Waals surface area contributed by atoms with E-state index in [-0.39, 0.29) is 5.91 Å². The lowest BCUT2D eigenvalue weighted by molar-refractivity contribution is 0.102. The van der Waals surface area contributed by atoms with Crippen LogP contribution < -0.4 is 14.8 Å². The molecule has 4 aromatic rings. The predicted molar refractivity (Wildman–Crippen MR) is 110 cm³/mol. The number of nitrogens with zero attached hydrogens (tertiary/aromatic N) is 2. The van der Waals surface area contributed by atoms with Crippen molar-refractivity contribution in [2.45, 2.75) is 0 Å². The number of nitrogens with one attached hydrogen (secondary N) is 1. The average Bonchev–Trinajstić information content (AvgIpc) is 3.18. The minimum absolute atomic E-state index is 0.224. The minimum atomic E-state index is -0.224. The van der Waals surface area contributed by atoms with Crippen LogP contribution in [0.2, 0.25) is 0 Å². The number of rotatable bonds is 5. The van der Waals surface area contributed by atoms with E-state index in [9.17, 15) is 4.79 Å². The molecule has 2 heterocycles. The lowest BCUT2D eigenvalue weighted by Crippen LogP contribution is -2.12. The van der Waals surface area contributed by atoms with Crippen molar-refractivity contribution in [2.75, 3.05) is 19.5 Å². The molecular formula is C21H17N3O3S. The smallest absolute Gasteiger partial charge is 0.255 e. The van der Waals surface area contributed by atoms with Gasteiger partial charge in [0.25, 0.3) is 5.91 Å². The molecule has 0 aliphatic carbocycles. The van der Waals surface area contributed by atoms with Crippen LogP contribution in [0, 0.1) is 0 Å². The maximum atomic E-state index is 12.5. The molecule has 0 aliphatic heterocycles. The van der Waals surface area contributed by atoms with Crippen LogP contribution in [-0.2, 0) is 0 Å². The summed E-state index contributed by atoms with van der Waals surface area (Å²) in [6.07, 6.45) is 1.76. The van der Waals surface area contributed by atoms with E-state index in [0.717, 1.165) is 20.9 Å². The quantitative estimate of drug-likeness (QED) is 0.537. The van der Waals surface area contributed by atoms with Crippen molar-refractivity contribution >= 4 is 33.3 Å². The summed E-state index contributed by atoms with van der Waals surface area (Å²) >= 11 is 1.54. The fraction of sp³-hybridized carbons (Fsp3) is 0.0952. The van der Waals surface area contributed by atoms with Gasteiger partial charge in [0.2, 0.25) is 0 Å². The van der Waals surface area contributed by atoms with Gasteiger partial charge in [-0.2, -0.15) is 0 Å². The zero-order valence-corrected chi connectivity index (χ0v) is 16.1. The van der Waals surface area contributed by atoms with E-state index in [2.05, 4.69) is 15.3 Å². The van der Waals surface area contributed by atoms with Gasteiger partial charge in [-0.25, -0.2) is 9.97 Å². The first-order chi connectivity index (χ1) is 13.7. The predicted octanol–water partition coefficient (Wildman–Crippen LogP) is 4.63. The lowest BCUT2D eigenvalue weighted by Gasteiger charge is -2.10. The number of benzene rings is 2. The van der Waals surface area contributed by atoms with Crippen LogP contribution in [0.25, 0.3) is 20.9 Å². The van der Waals surface area contributed by atoms with Gasteiger partial charge in [0.1, 0.15) is 15.4 Å². The van der Waals surface area contributed by atoms with Crippen LogP contribution in [-0.4, -0.2) is 30.1 Å². The second-order valence-corrected chi connectivity index (χ2v) is 6.93. The van der Waals surface area contributed by atoms with Gasteiger partial charge in [0.15, 0.2) is 11.5 Å². The van der Waals surface area contributed by atoms with Crippen LogP contribution in [0.15, 0.2) is 60.8 Å². The number of hydrogen-bond acceptors (Lipinski definition) is 6. The molecule has 0 radical (unpaired) electrons. The first-order valence-corrected chi connectivity index (χ1v) is 9.35. The molecule has 140 valence electrons. The van der Waals surface area contributed by atoms with E-state index >= 15 is 0 Å². The Hall–Kier alpha value is -3.45. The molecule has 1 amide bonds. The molecule has 0 atom stereocenters. The van der Waals surface area contributed by atoms with Crippen LogP contribution in [0.5, 0.6) is 11.5 Å². The molecule has 6 nitrogen and oxygen atoms in total. The molecule has 0 spiro atoms. The fourth-order valence-corrected chi connectivity index (χ4v) is 3.68. The van der Waals surface area contributed by atoms with E-state index in [1.165, 1.54) is 18.4 Å². The van der Waals surface area contributed by atoms with Crippen LogP contribution in [0.3, 0.4) is 0 Å². The number of amides is 1. The van der Waals surface area contributed by atoms with Crippen molar-refractivity contribution in [1.82, 2.24) is 9.97 Å². The van der Waals surface area contributed by atoms with Gasteiger partial charge < -0.3 is 14.8 Å². The minimum Gasteiger partial charge on any atom is -0.493 e. The first-order valence-electron chi connectivity index (χ1n) is 8.53. The molecule has 2 aromatic heterocycles. The summed E-state index contributed by atoms with van der Waals surface area (Å²) < 4.78 is 10.5. The van der Waals surface area contributed by atoms with Gasteiger partial charge in [0.05, 0.1) is 14.2 Å². The van der Waals surface area contributed by atoms with Gasteiger partial charge in [-0.15, -0.1) is 0 Å². The Morgan fingerprint density at radius 3 is 2.50 bits per heavy atom. The van der Waals surface area contributed by atoms with Crippen molar-refractivity contribution in [1.29, 1.82) is 0 Å². The Bertz CT molecular complexity index is 1110. The maximum absolute atomic E-state index is 12.5. The number of hydrogen-bond donors (Lipinski definition) is 1. The highest BCUT2D eigenvalue weighted by atomic mass is 32.1. The highest BCUT2D eigenvalue weighted by Gasteiger charge is 2.12. The fourth-order valence-electron chi connectivity index (χ4n) is 2.77. The molecule has 0 bridgehead atoms. The SMILES string of the molecule is COc1ccc(C(=O)Nc2ccc(-c3nc4cccnc4s3)cc2)cc1OC. The molecule has 0 fully saturated rings. The average molecular weight is 391 g/mol. The van der Waals surface area contributed by atoms with Crippen molar-refractivity contribution < 1.29 is 14.3 Å². The molecule has 0 unspecified atom stereocenters. The van der Waals surface area contributed by atoms with E-state index in [1.807, 2.05) is 36.4 Å². The number of methoxy groups -OCH3 is 2. The topological polar surface area (TPSA) is 73.3 Å². The number of pyridine rings is 1. The Morgan fingerprint density at radius 2 is 1.79 bits per heavy atom. The number of fused-ring (bicyclic) bond motifs is 1. The second kappa shape index (κ2) is 7.66. The highest BCUT2D eigenvalue weighted by Crippen LogP contribution is 2.30. The number of anilines is 1. The second-order valence-electron chi connectivity index (χ2n) is 5.95. The normalized spacial score (nSPS) is 10.6. The molecule has 0 saturated heterocycles. The van der Waals surface area contributed by atoms with E-state index in [0.29, 0.717) is 22.7 Å². The van der Waals surface area contributed by atoms with Gasteiger partial charge in [-0.1, -0.05) is 11.3 Å². The number of ether oxygens (including phenoxy) is 2. The third-order valence-electron chi connectivity index (χ3n) is 4.20. The zero-order chi connectivity index (χ0) is 19.5. The molecule has 28 heavy (non-hydrogen) atoms. The van der Waals surface area contributed by atoms with Gasteiger partial charge in [0, 0.05) is 23.0 Å². The molecule has 4 rings (SSSR count). The summed E-state index contributed by atoms with van der Waals surface area (Å²) in [5.41, 5.74) is 3.04. The summed E-state index contributed by atoms with van der Waals surface area (Å²) in [5.74, 6) is 0.863. The molecule has 2 aromatic carbocycles. The molecule has 0 aliphatic rings. The lowest BCUT2D eigenvalue weighted by atomic mass is 10.1. The Morgan fingerprint density at radius 1 is 1.00 bits per heavy atom. The number of aromatic nitrogens is 2. The molecule has 1 N–H and O–H groups in total. The van der Waals surface area contributed by atoms with Crippen molar-refractivity contribution in [3.63, 3.8) is 0 Å². The van der Waals surface area contributed by atoms with Crippen LogP contribution in [0.1, 0.15) is 10.4 Å². The number of carbonyl (C=O) groups excluding carboxylic acids is 1. The summed E-state index contributed by atoms with van der Waals surface area (Å²) in [5, 5.41) is 3.78. The van der Waals surface area contributed by atoms with Crippen LogP contribution >= 0.6 is 11.3 Å². The Labute approximate surface area is 165 Å². The Kier molecular flexibility index (Phi) is 4.90. The summed E-state index contributed by atoms with van der Waals surface area (Å²) in [6.45, 7) is 0. The van der Waals surface area contributed by atoms with Gasteiger partial charge >= 0.3 is 0 Å². The van der Waals surface area contributed by atoms with E-state index in [4.69, 9.17) is 9.47 Å². The van der Waals surface area contributed by atoms with E-state index in [1.54, 1.807) is 31.5 Å². The molecule has 7 heteroatoms. The highest BCUT2D eigenvalue weighted by molar-refractivity contribution is 7.21. The van der Waals surface area contributed by atoms with Crippen molar-refractivity contribution in [3.8, 4) is 22.1 Å². The zero-order valence-electron chi connectivity index (χ0n) is 15.3. The summed E-state index contributed by atoms with van der Waals surface area (Å²) in [4.78, 5) is 22.4. The third-order valence-corrected chi connectivity index (χ3v) is 5.23. The summed E-state index contributed by atoms with van der Waals surface area (Å²) in [6, 6.07) is 16.4.